The van der Waals surface area contributed by atoms with Gasteiger partial charge in [-0.3, -0.25) is 4.18 Å². The molecule has 0 aromatic heterocycles. The van der Waals surface area contributed by atoms with Gasteiger partial charge in [0.1, 0.15) is 0 Å². The van der Waals surface area contributed by atoms with E-state index in [4.69, 9.17) is 0 Å². The Bertz CT molecular complexity index is 476. The van der Waals surface area contributed by atoms with E-state index in [-0.39, 0.29) is 12.5 Å². The van der Waals surface area contributed by atoms with Crippen LogP contribution in [0.2, 0.25) is 0 Å². The van der Waals surface area contributed by atoms with Gasteiger partial charge in [-0.1, -0.05) is 90.2 Å². The summed E-state index contributed by atoms with van der Waals surface area (Å²) in [6.45, 7) is 4.03. The van der Waals surface area contributed by atoms with Crippen molar-refractivity contribution >= 4 is 10.4 Å². The van der Waals surface area contributed by atoms with Crippen molar-refractivity contribution in [2.45, 2.75) is 116 Å². The fourth-order valence-corrected chi connectivity index (χ4v) is 3.89. The first-order valence-corrected chi connectivity index (χ1v) is 13.1. The molecule has 0 aromatic carbocycles. The molecule has 0 bridgehead atoms. The zero-order valence-electron chi connectivity index (χ0n) is 19.1. The molecule has 29 heavy (non-hydrogen) atoms. The predicted molar refractivity (Wildman–Crippen MR) is 121 cm³/mol. The van der Waals surface area contributed by atoms with Gasteiger partial charge in [0, 0.05) is 0 Å². The smallest absolute Gasteiger partial charge is 0.390 e. The molecule has 2 unspecified atom stereocenters. The van der Waals surface area contributed by atoms with Crippen molar-refractivity contribution in [3.63, 3.8) is 0 Å². The molecule has 174 valence electrons. The average molecular weight is 435 g/mol. The Kier molecular flexibility index (Phi) is 19.2. The highest BCUT2D eigenvalue weighted by Gasteiger charge is 2.20. The van der Waals surface area contributed by atoms with Crippen LogP contribution >= 0.6 is 0 Å². The summed E-state index contributed by atoms with van der Waals surface area (Å²) in [5.74, 6) is 0.0620. The van der Waals surface area contributed by atoms with Crippen LogP contribution < -0.4 is 0 Å². The lowest BCUT2D eigenvalue weighted by Gasteiger charge is -2.21. The van der Waals surface area contributed by atoms with Gasteiger partial charge in [0.15, 0.2) is 0 Å². The summed E-state index contributed by atoms with van der Waals surface area (Å²) in [6.07, 6.45) is 22.1. The number of hydrogen-bond donors (Lipinski definition) is 1. The molecule has 0 heterocycles. The summed E-state index contributed by atoms with van der Waals surface area (Å²) >= 11 is 0. The van der Waals surface area contributed by atoms with E-state index in [1.54, 1.807) is 0 Å². The quantitative estimate of drug-likeness (QED) is 0.169. The van der Waals surface area contributed by atoms with Gasteiger partial charge < -0.3 is 5.11 Å². The minimum atomic E-state index is -3.97. The molecule has 0 fully saturated rings. The number of unbranched alkanes of at least 4 members (excludes halogenated alkanes) is 11. The van der Waals surface area contributed by atoms with Crippen LogP contribution in [0.3, 0.4) is 0 Å². The summed E-state index contributed by atoms with van der Waals surface area (Å²) in [5.41, 5.74) is 0. The van der Waals surface area contributed by atoms with Crippen LogP contribution in [0.4, 0.5) is 0 Å². The molecule has 6 heteroatoms. The summed E-state index contributed by atoms with van der Waals surface area (Å²) in [6, 6.07) is 0. The van der Waals surface area contributed by atoms with Crippen LogP contribution in [-0.2, 0) is 18.8 Å². The van der Waals surface area contributed by atoms with E-state index in [9.17, 15) is 13.5 Å². The molecule has 0 radical (unpaired) electrons. The first-order valence-electron chi connectivity index (χ1n) is 11.7. The molecule has 5 nitrogen and oxygen atoms in total. The second-order valence-corrected chi connectivity index (χ2v) is 9.35. The molecule has 0 aliphatic carbocycles. The zero-order valence-corrected chi connectivity index (χ0v) is 19.9. The van der Waals surface area contributed by atoms with Crippen molar-refractivity contribution in [2.75, 3.05) is 13.7 Å². The zero-order chi connectivity index (χ0) is 21.8. The van der Waals surface area contributed by atoms with Crippen LogP contribution in [-0.4, -0.2) is 33.3 Å². The standard InChI is InChI=1S/C23H46O5S/c1-4-6-7-8-9-10-11-12-13-14-15-16-17-18-19-20-22(5-2)23(24)21-28-29(25,26)27-3/h12-13,22-24H,4-11,14-21H2,1-3H3/b13-12-. The van der Waals surface area contributed by atoms with Crippen molar-refractivity contribution < 1.29 is 21.9 Å². The Morgan fingerprint density at radius 2 is 1.34 bits per heavy atom. The van der Waals surface area contributed by atoms with Gasteiger partial charge in [-0.15, -0.1) is 0 Å². The summed E-state index contributed by atoms with van der Waals surface area (Å²) in [7, 11) is -2.93. The predicted octanol–water partition coefficient (Wildman–Crippen LogP) is 6.32. The first-order chi connectivity index (χ1) is 14.0. The number of hydrogen-bond acceptors (Lipinski definition) is 5. The fraction of sp³-hybridized carbons (Fsp3) is 0.913. The molecule has 0 saturated heterocycles. The second-order valence-electron chi connectivity index (χ2n) is 7.97. The largest absolute Gasteiger partial charge is 0.399 e. The van der Waals surface area contributed by atoms with E-state index in [1.807, 2.05) is 6.92 Å². The number of aliphatic hydroxyl groups excluding tert-OH is 1. The van der Waals surface area contributed by atoms with Gasteiger partial charge in [0.05, 0.1) is 19.8 Å². The van der Waals surface area contributed by atoms with Gasteiger partial charge in [0.2, 0.25) is 0 Å². The number of allylic oxidation sites excluding steroid dienone is 2. The van der Waals surface area contributed by atoms with Gasteiger partial charge in [-0.25, -0.2) is 4.18 Å². The average Bonchev–Trinajstić information content (AvgIpc) is 2.72. The second kappa shape index (κ2) is 19.5. The van der Waals surface area contributed by atoms with Crippen LogP contribution in [0.1, 0.15) is 110 Å². The Labute approximate surface area is 180 Å². The Balaban J connectivity index is 3.59. The SMILES string of the molecule is CCCCCCCC/C=C\CCCCCCCC(CC)C(O)COS(=O)(=O)OC. The Morgan fingerprint density at radius 1 is 0.828 bits per heavy atom. The molecule has 0 spiro atoms. The van der Waals surface area contributed by atoms with Crippen LogP contribution in [0, 0.1) is 5.92 Å². The van der Waals surface area contributed by atoms with E-state index in [2.05, 4.69) is 27.4 Å². The van der Waals surface area contributed by atoms with Crippen molar-refractivity contribution in [2.24, 2.45) is 5.92 Å². The minimum Gasteiger partial charge on any atom is -0.390 e. The van der Waals surface area contributed by atoms with Crippen LogP contribution in [0.25, 0.3) is 0 Å². The molecule has 1 N–H and O–H groups in total. The summed E-state index contributed by atoms with van der Waals surface area (Å²) < 4.78 is 31.2. The fourth-order valence-electron chi connectivity index (χ4n) is 3.48. The van der Waals surface area contributed by atoms with Crippen molar-refractivity contribution in [3.05, 3.63) is 12.2 Å². The van der Waals surface area contributed by atoms with Crippen LogP contribution in [0.5, 0.6) is 0 Å². The third kappa shape index (κ3) is 18.1. The third-order valence-corrected chi connectivity index (χ3v) is 6.33. The van der Waals surface area contributed by atoms with Gasteiger partial charge >= 0.3 is 10.4 Å². The van der Waals surface area contributed by atoms with E-state index in [1.165, 1.54) is 70.6 Å². The molecular weight excluding hydrogens is 388 g/mol. The van der Waals surface area contributed by atoms with Crippen LogP contribution in [0.15, 0.2) is 12.2 Å². The molecule has 2 atom stereocenters. The lowest BCUT2D eigenvalue weighted by atomic mass is 9.93. The Hall–Kier alpha value is -0.430. The minimum absolute atomic E-state index is 0.0620. The Morgan fingerprint density at radius 3 is 1.86 bits per heavy atom. The summed E-state index contributed by atoms with van der Waals surface area (Å²) in [5, 5.41) is 10.1. The molecule has 0 rings (SSSR count). The summed E-state index contributed by atoms with van der Waals surface area (Å²) in [4.78, 5) is 0. The third-order valence-electron chi connectivity index (χ3n) is 5.49. The lowest BCUT2D eigenvalue weighted by Crippen LogP contribution is -2.27. The monoisotopic (exact) mass is 434 g/mol. The van der Waals surface area contributed by atoms with E-state index in [0.29, 0.717) is 0 Å². The highest BCUT2D eigenvalue weighted by Crippen LogP contribution is 2.19. The lowest BCUT2D eigenvalue weighted by molar-refractivity contribution is 0.0470. The van der Waals surface area contributed by atoms with Crippen molar-refractivity contribution in [1.82, 2.24) is 0 Å². The number of aliphatic hydroxyl groups is 1. The molecule has 0 aromatic rings. The van der Waals surface area contributed by atoms with Gasteiger partial charge in [-0.2, -0.15) is 8.42 Å². The van der Waals surface area contributed by atoms with Gasteiger partial charge in [0.25, 0.3) is 0 Å². The molecule has 0 amide bonds. The molecule has 0 aliphatic rings. The normalized spacial score (nSPS) is 14.5. The molecule has 0 aliphatic heterocycles. The van der Waals surface area contributed by atoms with E-state index in [0.717, 1.165) is 32.8 Å². The van der Waals surface area contributed by atoms with E-state index >= 15 is 0 Å². The maximum atomic E-state index is 11.2. The van der Waals surface area contributed by atoms with Gasteiger partial charge in [-0.05, 0) is 38.0 Å². The molecule has 0 saturated carbocycles. The first kappa shape index (κ1) is 28.6. The van der Waals surface area contributed by atoms with Crippen molar-refractivity contribution in [1.29, 1.82) is 0 Å². The maximum absolute atomic E-state index is 11.2. The van der Waals surface area contributed by atoms with Crippen molar-refractivity contribution in [3.8, 4) is 0 Å². The number of rotatable bonds is 21. The molecular formula is C23H46O5S. The topological polar surface area (TPSA) is 72.8 Å². The highest BCUT2D eigenvalue weighted by molar-refractivity contribution is 7.81. The van der Waals surface area contributed by atoms with E-state index < -0.39 is 16.5 Å². The maximum Gasteiger partial charge on any atom is 0.399 e. The highest BCUT2D eigenvalue weighted by atomic mass is 32.3.